The summed E-state index contributed by atoms with van der Waals surface area (Å²) in [5.74, 6) is 0.756. The molecule has 0 bridgehead atoms. The second-order valence-electron chi connectivity index (χ2n) is 6.41. The molecule has 1 aromatic carbocycles. The van der Waals surface area contributed by atoms with E-state index in [2.05, 4.69) is 19.7 Å². The molecule has 0 saturated heterocycles. The number of rotatable bonds is 3. The van der Waals surface area contributed by atoms with Gasteiger partial charge < -0.3 is 14.5 Å². The molecule has 3 aromatic rings. The first-order valence-corrected chi connectivity index (χ1v) is 7.50. The van der Waals surface area contributed by atoms with E-state index in [1.54, 1.807) is 18.3 Å². The van der Waals surface area contributed by atoms with Gasteiger partial charge in [0.2, 0.25) is 0 Å². The molecule has 25 heavy (non-hydrogen) atoms. The Morgan fingerprint density at radius 3 is 2.28 bits per heavy atom. The van der Waals surface area contributed by atoms with E-state index < -0.39 is 6.36 Å². The van der Waals surface area contributed by atoms with Gasteiger partial charge in [-0.2, -0.15) is 0 Å². The molecule has 132 valence electrons. The zero-order chi connectivity index (χ0) is 18.2. The Hall–Kier alpha value is -2.77. The summed E-state index contributed by atoms with van der Waals surface area (Å²) in [7, 11) is 0. The van der Waals surface area contributed by atoms with Crippen molar-refractivity contribution < 1.29 is 22.6 Å². The van der Waals surface area contributed by atoms with E-state index in [4.69, 9.17) is 4.74 Å². The Labute approximate surface area is 141 Å². The number of benzene rings is 1. The summed E-state index contributed by atoms with van der Waals surface area (Å²) in [6, 6.07) is 7.41. The van der Waals surface area contributed by atoms with E-state index in [1.165, 1.54) is 18.2 Å². The lowest BCUT2D eigenvalue weighted by atomic mass is 10.2. The highest BCUT2D eigenvalue weighted by Gasteiger charge is 2.31. The molecule has 2 aromatic heterocycles. The van der Waals surface area contributed by atoms with Crippen LogP contribution in [0.2, 0.25) is 0 Å². The van der Waals surface area contributed by atoms with Gasteiger partial charge in [-0.1, -0.05) is 0 Å². The molecule has 0 radical (unpaired) electrons. The maximum absolute atomic E-state index is 12.3. The zero-order valence-corrected chi connectivity index (χ0v) is 13.8. The number of hydrogen-bond donors (Lipinski definition) is 1. The van der Waals surface area contributed by atoms with Crippen molar-refractivity contribution in [2.45, 2.75) is 32.7 Å². The van der Waals surface area contributed by atoms with Gasteiger partial charge in [0.1, 0.15) is 22.8 Å². The van der Waals surface area contributed by atoms with E-state index in [0.717, 1.165) is 0 Å². The minimum atomic E-state index is -4.74. The van der Waals surface area contributed by atoms with Crippen LogP contribution in [0.1, 0.15) is 20.8 Å². The van der Waals surface area contributed by atoms with Crippen molar-refractivity contribution in [2.24, 2.45) is 0 Å². The Morgan fingerprint density at radius 2 is 1.68 bits per heavy atom. The highest BCUT2D eigenvalue weighted by molar-refractivity contribution is 5.80. The van der Waals surface area contributed by atoms with E-state index >= 15 is 0 Å². The molecule has 0 aliphatic rings. The lowest BCUT2D eigenvalue weighted by molar-refractivity contribution is -0.274. The fourth-order valence-electron chi connectivity index (χ4n) is 2.24. The normalized spacial score (nSPS) is 12.4. The number of alkyl halides is 3. The fourth-order valence-corrected chi connectivity index (χ4v) is 2.24. The Kier molecular flexibility index (Phi) is 4.06. The van der Waals surface area contributed by atoms with E-state index in [1.807, 2.05) is 20.8 Å². The maximum Gasteiger partial charge on any atom is 0.573 e. The Bertz CT molecular complexity index is 881. The van der Waals surface area contributed by atoms with Crippen LogP contribution in [-0.4, -0.2) is 26.9 Å². The van der Waals surface area contributed by atoms with Gasteiger partial charge >= 0.3 is 6.36 Å². The van der Waals surface area contributed by atoms with Gasteiger partial charge in [-0.05, 0) is 45.0 Å². The number of halogens is 3. The molecule has 0 spiro atoms. The number of imidazole rings is 1. The summed E-state index contributed by atoms with van der Waals surface area (Å²) < 4.78 is 46.5. The van der Waals surface area contributed by atoms with Gasteiger partial charge in [0, 0.05) is 6.07 Å². The SMILES string of the molecule is CC(C)(C)Oc1ccc(-c2nc3ccc(OC(F)(F)F)cc3[nH]2)nc1. The summed E-state index contributed by atoms with van der Waals surface area (Å²) in [5, 5.41) is 0. The van der Waals surface area contributed by atoms with Crippen LogP contribution in [0.3, 0.4) is 0 Å². The molecule has 5 nitrogen and oxygen atoms in total. The van der Waals surface area contributed by atoms with E-state index in [9.17, 15) is 13.2 Å². The summed E-state index contributed by atoms with van der Waals surface area (Å²) >= 11 is 0. The van der Waals surface area contributed by atoms with Crippen molar-refractivity contribution >= 4 is 11.0 Å². The van der Waals surface area contributed by atoms with Gasteiger partial charge in [0.05, 0.1) is 17.2 Å². The molecule has 0 unspecified atom stereocenters. The van der Waals surface area contributed by atoms with Crippen LogP contribution in [-0.2, 0) is 0 Å². The molecule has 0 amide bonds. The standard InChI is InChI=1S/C17H16F3N3O2/c1-16(2,3)24-11-5-7-13(21-9-11)15-22-12-6-4-10(8-14(12)23-15)25-17(18,19)20/h4-9H,1-3H3,(H,22,23). The maximum atomic E-state index is 12.3. The number of H-pyrrole nitrogens is 1. The van der Waals surface area contributed by atoms with Gasteiger partial charge in [-0.3, -0.25) is 0 Å². The average molecular weight is 351 g/mol. The van der Waals surface area contributed by atoms with Crippen LogP contribution in [0.5, 0.6) is 11.5 Å². The highest BCUT2D eigenvalue weighted by Crippen LogP contribution is 2.27. The summed E-state index contributed by atoms with van der Waals surface area (Å²) in [5.41, 5.74) is 1.16. The summed E-state index contributed by atoms with van der Waals surface area (Å²) in [6.45, 7) is 5.79. The first-order valence-electron chi connectivity index (χ1n) is 7.50. The first-order chi connectivity index (χ1) is 11.6. The van der Waals surface area contributed by atoms with E-state index in [0.29, 0.717) is 28.3 Å². The van der Waals surface area contributed by atoms with Crippen molar-refractivity contribution in [1.82, 2.24) is 15.0 Å². The smallest absolute Gasteiger partial charge is 0.487 e. The van der Waals surface area contributed by atoms with Gasteiger partial charge in [0.25, 0.3) is 0 Å². The number of hydrogen-bond acceptors (Lipinski definition) is 4. The van der Waals surface area contributed by atoms with E-state index in [-0.39, 0.29) is 11.4 Å². The van der Waals surface area contributed by atoms with Crippen LogP contribution in [0.25, 0.3) is 22.6 Å². The third-order valence-electron chi connectivity index (χ3n) is 3.09. The molecule has 3 rings (SSSR count). The minimum Gasteiger partial charge on any atom is -0.487 e. The Morgan fingerprint density at radius 1 is 0.960 bits per heavy atom. The monoisotopic (exact) mass is 351 g/mol. The van der Waals surface area contributed by atoms with Gasteiger partial charge in [-0.15, -0.1) is 13.2 Å². The number of nitrogens with one attached hydrogen (secondary N) is 1. The summed E-state index contributed by atoms with van der Waals surface area (Å²) in [6.07, 6.45) is -3.16. The molecule has 0 fully saturated rings. The third kappa shape index (κ3) is 4.40. The predicted octanol–water partition coefficient (Wildman–Crippen LogP) is 4.70. The molecule has 2 heterocycles. The van der Waals surface area contributed by atoms with Crippen LogP contribution >= 0.6 is 0 Å². The molecule has 0 atom stereocenters. The highest BCUT2D eigenvalue weighted by atomic mass is 19.4. The second kappa shape index (κ2) is 5.94. The topological polar surface area (TPSA) is 60.0 Å². The zero-order valence-electron chi connectivity index (χ0n) is 13.8. The lowest BCUT2D eigenvalue weighted by Gasteiger charge is -2.20. The van der Waals surface area contributed by atoms with Crippen molar-refractivity contribution in [3.63, 3.8) is 0 Å². The molecule has 0 saturated carbocycles. The van der Waals surface area contributed by atoms with Crippen LogP contribution < -0.4 is 9.47 Å². The number of aromatic amines is 1. The molecular weight excluding hydrogens is 335 g/mol. The number of pyridine rings is 1. The molecular formula is C17H16F3N3O2. The first kappa shape index (κ1) is 17.1. The number of fused-ring (bicyclic) bond motifs is 1. The number of ether oxygens (including phenoxy) is 2. The molecule has 8 heteroatoms. The fraction of sp³-hybridized carbons (Fsp3) is 0.294. The largest absolute Gasteiger partial charge is 0.573 e. The third-order valence-corrected chi connectivity index (χ3v) is 3.09. The molecule has 0 aliphatic carbocycles. The quantitative estimate of drug-likeness (QED) is 0.743. The Balaban J connectivity index is 1.86. The molecule has 0 aliphatic heterocycles. The van der Waals surface area contributed by atoms with Gasteiger partial charge in [-0.25, -0.2) is 9.97 Å². The average Bonchev–Trinajstić information content (AvgIpc) is 2.87. The lowest BCUT2D eigenvalue weighted by Crippen LogP contribution is -2.22. The number of nitrogens with zero attached hydrogens (tertiary/aromatic N) is 2. The second-order valence-corrected chi connectivity index (χ2v) is 6.41. The van der Waals surface area contributed by atoms with Crippen LogP contribution in [0.15, 0.2) is 36.5 Å². The van der Waals surface area contributed by atoms with Gasteiger partial charge in [0.15, 0.2) is 5.82 Å². The van der Waals surface area contributed by atoms with Crippen molar-refractivity contribution in [3.05, 3.63) is 36.5 Å². The molecule has 1 N–H and O–H groups in total. The van der Waals surface area contributed by atoms with Crippen molar-refractivity contribution in [1.29, 1.82) is 0 Å². The number of aromatic nitrogens is 3. The summed E-state index contributed by atoms with van der Waals surface area (Å²) in [4.78, 5) is 11.6. The van der Waals surface area contributed by atoms with Crippen molar-refractivity contribution in [3.8, 4) is 23.0 Å². The van der Waals surface area contributed by atoms with Crippen molar-refractivity contribution in [2.75, 3.05) is 0 Å². The predicted molar refractivity (Wildman–Crippen MR) is 86.4 cm³/mol. The van der Waals surface area contributed by atoms with Crippen LogP contribution in [0, 0.1) is 0 Å². The minimum absolute atomic E-state index is 0.308. The van der Waals surface area contributed by atoms with Crippen LogP contribution in [0.4, 0.5) is 13.2 Å².